The molecular formula is C47H30N2OS. The van der Waals surface area contributed by atoms with Crippen molar-refractivity contribution in [2.75, 3.05) is 4.90 Å². The zero-order valence-corrected chi connectivity index (χ0v) is 28.3. The molecule has 0 atom stereocenters. The Morgan fingerprint density at radius 3 is 1.90 bits per heavy atom. The number of rotatable bonds is 6. The second-order valence-corrected chi connectivity index (χ2v) is 13.9. The standard InChI is InChI=1S/C47H30N2OS/c1-3-11-31(12-4-1)34-15-9-16-36(29-34)49(37-25-26-41-40-17-7-8-20-44(40)51-45(41)30-37)35-23-21-32(22-24-35)38-18-10-19-42-39(38)27-28-43-46(42)48-47(50-43)33-13-5-2-6-14-33/h1-30H. The highest BCUT2D eigenvalue weighted by Gasteiger charge is 2.17. The minimum absolute atomic E-state index is 0.637. The van der Waals surface area contributed by atoms with E-state index >= 15 is 0 Å². The summed E-state index contributed by atoms with van der Waals surface area (Å²) >= 11 is 1.85. The topological polar surface area (TPSA) is 29.3 Å². The van der Waals surface area contributed by atoms with E-state index < -0.39 is 0 Å². The van der Waals surface area contributed by atoms with E-state index in [0.717, 1.165) is 55.6 Å². The molecule has 0 saturated carbocycles. The van der Waals surface area contributed by atoms with Crippen molar-refractivity contribution < 1.29 is 4.42 Å². The van der Waals surface area contributed by atoms with Gasteiger partial charge in [0.15, 0.2) is 5.58 Å². The SMILES string of the molecule is c1ccc(-c2cccc(N(c3ccc(-c4cccc5c4ccc4oc(-c6ccccc6)nc45)cc3)c3ccc4c(c3)sc3ccccc34)c2)cc1. The number of hydrogen-bond acceptors (Lipinski definition) is 4. The molecule has 0 aliphatic heterocycles. The predicted octanol–water partition coefficient (Wildman–Crippen LogP) is 13.8. The molecule has 0 spiro atoms. The van der Waals surface area contributed by atoms with Crippen molar-refractivity contribution in [3.63, 3.8) is 0 Å². The zero-order valence-electron chi connectivity index (χ0n) is 27.5. The summed E-state index contributed by atoms with van der Waals surface area (Å²) in [6, 6.07) is 64.6. The fourth-order valence-corrected chi connectivity index (χ4v) is 8.39. The summed E-state index contributed by atoms with van der Waals surface area (Å²) in [5.74, 6) is 0.637. The lowest BCUT2D eigenvalue weighted by atomic mass is 9.97. The molecule has 0 unspecified atom stereocenters. The number of anilines is 3. The van der Waals surface area contributed by atoms with Gasteiger partial charge in [0.25, 0.3) is 0 Å². The van der Waals surface area contributed by atoms with Crippen LogP contribution in [-0.4, -0.2) is 4.98 Å². The minimum atomic E-state index is 0.637. The quantitative estimate of drug-likeness (QED) is 0.176. The number of thiophene rings is 1. The first-order valence-corrected chi connectivity index (χ1v) is 17.9. The van der Waals surface area contributed by atoms with Crippen LogP contribution < -0.4 is 4.90 Å². The van der Waals surface area contributed by atoms with Crippen LogP contribution in [0, 0.1) is 0 Å². The van der Waals surface area contributed by atoms with Gasteiger partial charge in [0.2, 0.25) is 5.89 Å². The van der Waals surface area contributed by atoms with Gasteiger partial charge < -0.3 is 9.32 Å². The first kappa shape index (κ1) is 29.4. The second-order valence-electron chi connectivity index (χ2n) is 12.8. The van der Waals surface area contributed by atoms with Crippen LogP contribution in [0.15, 0.2) is 186 Å². The van der Waals surface area contributed by atoms with E-state index in [1.54, 1.807) is 0 Å². The Hall–Kier alpha value is -6.49. The fourth-order valence-electron chi connectivity index (χ4n) is 7.25. The molecule has 4 heteroatoms. The Kier molecular flexibility index (Phi) is 7.00. The van der Waals surface area contributed by atoms with E-state index in [2.05, 4.69) is 150 Å². The third-order valence-corrected chi connectivity index (χ3v) is 10.8. The van der Waals surface area contributed by atoms with Crippen LogP contribution in [0.5, 0.6) is 0 Å². The number of benzene rings is 8. The molecule has 0 aliphatic carbocycles. The van der Waals surface area contributed by atoms with Crippen molar-refractivity contribution in [3.8, 4) is 33.7 Å². The van der Waals surface area contributed by atoms with E-state index in [0.29, 0.717) is 5.89 Å². The van der Waals surface area contributed by atoms with Gasteiger partial charge in [-0.3, -0.25) is 0 Å². The Labute approximate surface area is 299 Å². The van der Waals surface area contributed by atoms with Crippen molar-refractivity contribution >= 4 is 70.4 Å². The molecule has 10 aromatic rings. The summed E-state index contributed by atoms with van der Waals surface area (Å²) in [7, 11) is 0. The third-order valence-electron chi connectivity index (χ3n) is 9.71. The zero-order chi connectivity index (χ0) is 33.7. The Morgan fingerprint density at radius 1 is 0.412 bits per heavy atom. The minimum Gasteiger partial charge on any atom is -0.436 e. The van der Waals surface area contributed by atoms with Gasteiger partial charge in [-0.1, -0.05) is 115 Å². The number of oxazole rings is 1. The summed E-state index contributed by atoms with van der Waals surface area (Å²) in [5.41, 5.74) is 10.7. The molecule has 3 nitrogen and oxygen atoms in total. The lowest BCUT2D eigenvalue weighted by Crippen LogP contribution is -2.09. The number of nitrogens with zero attached hydrogens (tertiary/aromatic N) is 2. The maximum absolute atomic E-state index is 6.20. The molecule has 0 bridgehead atoms. The van der Waals surface area contributed by atoms with Gasteiger partial charge in [0, 0.05) is 48.2 Å². The van der Waals surface area contributed by atoms with Crippen LogP contribution in [-0.2, 0) is 0 Å². The first-order valence-electron chi connectivity index (χ1n) is 17.1. The van der Waals surface area contributed by atoms with E-state index in [9.17, 15) is 0 Å². The van der Waals surface area contributed by atoms with E-state index in [4.69, 9.17) is 9.40 Å². The normalized spacial score (nSPS) is 11.5. The second kappa shape index (κ2) is 12.1. The summed E-state index contributed by atoms with van der Waals surface area (Å²) in [6.45, 7) is 0. The molecule has 0 saturated heterocycles. The van der Waals surface area contributed by atoms with Crippen molar-refractivity contribution in [2.24, 2.45) is 0 Å². The number of hydrogen-bond donors (Lipinski definition) is 0. The van der Waals surface area contributed by atoms with Gasteiger partial charge in [0.1, 0.15) is 5.52 Å². The van der Waals surface area contributed by atoms with Crippen LogP contribution >= 0.6 is 11.3 Å². The summed E-state index contributed by atoms with van der Waals surface area (Å²) in [6.07, 6.45) is 0. The van der Waals surface area contributed by atoms with Gasteiger partial charge in [-0.25, -0.2) is 4.98 Å². The largest absolute Gasteiger partial charge is 0.436 e. The van der Waals surface area contributed by atoms with E-state index in [1.165, 1.54) is 31.3 Å². The molecule has 51 heavy (non-hydrogen) atoms. The highest BCUT2D eigenvalue weighted by atomic mass is 32.1. The Bertz CT molecular complexity index is 2850. The molecule has 8 aromatic carbocycles. The highest BCUT2D eigenvalue weighted by molar-refractivity contribution is 7.25. The Morgan fingerprint density at radius 2 is 1.06 bits per heavy atom. The van der Waals surface area contributed by atoms with Crippen molar-refractivity contribution in [1.29, 1.82) is 0 Å². The molecule has 10 rings (SSSR count). The number of fused-ring (bicyclic) bond motifs is 6. The van der Waals surface area contributed by atoms with Gasteiger partial charge in [0.05, 0.1) is 0 Å². The smallest absolute Gasteiger partial charge is 0.227 e. The van der Waals surface area contributed by atoms with Gasteiger partial charge in [-0.2, -0.15) is 0 Å². The average molecular weight is 671 g/mol. The summed E-state index contributed by atoms with van der Waals surface area (Å²) in [5, 5.41) is 4.82. The average Bonchev–Trinajstić information content (AvgIpc) is 3.81. The molecule has 240 valence electrons. The van der Waals surface area contributed by atoms with E-state index in [1.807, 2.05) is 47.7 Å². The van der Waals surface area contributed by atoms with Crippen LogP contribution in [0.3, 0.4) is 0 Å². The predicted molar refractivity (Wildman–Crippen MR) is 215 cm³/mol. The molecule has 2 aromatic heterocycles. The molecule has 0 radical (unpaired) electrons. The molecule has 0 aliphatic rings. The maximum Gasteiger partial charge on any atom is 0.227 e. The van der Waals surface area contributed by atoms with Crippen LogP contribution in [0.4, 0.5) is 17.1 Å². The molecule has 0 amide bonds. The molecule has 0 N–H and O–H groups in total. The number of aromatic nitrogens is 1. The summed E-state index contributed by atoms with van der Waals surface area (Å²) in [4.78, 5) is 7.31. The summed E-state index contributed by atoms with van der Waals surface area (Å²) < 4.78 is 8.78. The van der Waals surface area contributed by atoms with E-state index in [-0.39, 0.29) is 0 Å². The van der Waals surface area contributed by atoms with Crippen molar-refractivity contribution in [1.82, 2.24) is 4.98 Å². The fraction of sp³-hybridized carbons (Fsp3) is 0. The Balaban J connectivity index is 1.08. The molecule has 2 heterocycles. The highest BCUT2D eigenvalue weighted by Crippen LogP contribution is 2.42. The lowest BCUT2D eigenvalue weighted by Gasteiger charge is -2.26. The van der Waals surface area contributed by atoms with Gasteiger partial charge in [-0.05, 0) is 94.4 Å². The van der Waals surface area contributed by atoms with Gasteiger partial charge in [-0.15, -0.1) is 11.3 Å². The lowest BCUT2D eigenvalue weighted by molar-refractivity contribution is 0.620. The van der Waals surface area contributed by atoms with Crippen LogP contribution in [0.2, 0.25) is 0 Å². The molecule has 0 fully saturated rings. The van der Waals surface area contributed by atoms with Gasteiger partial charge >= 0.3 is 0 Å². The first-order chi connectivity index (χ1) is 25.3. The monoisotopic (exact) mass is 670 g/mol. The van der Waals surface area contributed by atoms with Crippen molar-refractivity contribution in [2.45, 2.75) is 0 Å². The maximum atomic E-state index is 6.20. The van der Waals surface area contributed by atoms with Crippen molar-refractivity contribution in [3.05, 3.63) is 182 Å². The molecular weight excluding hydrogens is 641 g/mol. The third kappa shape index (κ3) is 5.16. The van der Waals surface area contributed by atoms with Crippen LogP contribution in [0.25, 0.3) is 75.8 Å². The van der Waals surface area contributed by atoms with Crippen LogP contribution in [0.1, 0.15) is 0 Å².